The number of carbonyl (C=O) groups excluding carboxylic acids is 2. The number of ether oxygens (including phenoxy) is 1. The van der Waals surface area contributed by atoms with Gasteiger partial charge < -0.3 is 10.5 Å². The van der Waals surface area contributed by atoms with Crippen molar-refractivity contribution in [2.24, 2.45) is 5.73 Å². The highest BCUT2D eigenvalue weighted by atomic mass is 16.5. The fraction of sp³-hybridized carbons (Fsp3) is 0.167. The van der Waals surface area contributed by atoms with Gasteiger partial charge in [-0.15, -0.1) is 0 Å². The third kappa shape index (κ3) is 3.24. The maximum absolute atomic E-state index is 10.6. The first-order valence-electron chi connectivity index (χ1n) is 4.75. The first-order chi connectivity index (χ1) is 7.67. The molecular weight excluding hydrogens is 206 g/mol. The van der Waals surface area contributed by atoms with Gasteiger partial charge in [0.15, 0.2) is 0 Å². The van der Waals surface area contributed by atoms with E-state index in [0.29, 0.717) is 11.3 Å². The molecule has 1 amide bonds. The van der Waals surface area contributed by atoms with Crippen molar-refractivity contribution in [2.75, 3.05) is 7.11 Å². The summed E-state index contributed by atoms with van der Waals surface area (Å²) in [5.41, 5.74) is 6.30. The van der Waals surface area contributed by atoms with E-state index in [2.05, 4.69) is 0 Å². The van der Waals surface area contributed by atoms with E-state index in [0.717, 1.165) is 11.8 Å². The van der Waals surface area contributed by atoms with Gasteiger partial charge in [0.05, 0.1) is 7.11 Å². The largest absolute Gasteiger partial charge is 0.496 e. The first-order valence-corrected chi connectivity index (χ1v) is 4.75. The second-order valence-electron chi connectivity index (χ2n) is 3.19. The summed E-state index contributed by atoms with van der Waals surface area (Å²) in [6.45, 7) is 0. The SMILES string of the molecule is COc1ccc(C=O)cc1C=CCC(N)=O. The number of benzene rings is 1. The average Bonchev–Trinajstić information content (AvgIpc) is 2.28. The van der Waals surface area contributed by atoms with Gasteiger partial charge in [-0.05, 0) is 18.2 Å². The van der Waals surface area contributed by atoms with Gasteiger partial charge in [-0.1, -0.05) is 12.2 Å². The van der Waals surface area contributed by atoms with Crippen molar-refractivity contribution in [1.82, 2.24) is 0 Å². The Kier molecular flexibility index (Phi) is 4.27. The normalized spacial score (nSPS) is 10.3. The number of carbonyl (C=O) groups is 2. The van der Waals surface area contributed by atoms with E-state index in [4.69, 9.17) is 10.5 Å². The van der Waals surface area contributed by atoms with Crippen LogP contribution in [0.3, 0.4) is 0 Å². The molecule has 0 bridgehead atoms. The summed E-state index contributed by atoms with van der Waals surface area (Å²) in [5, 5.41) is 0. The molecule has 1 rings (SSSR count). The zero-order chi connectivity index (χ0) is 12.0. The molecule has 4 nitrogen and oxygen atoms in total. The Balaban J connectivity index is 2.95. The predicted molar refractivity (Wildman–Crippen MR) is 61.2 cm³/mol. The van der Waals surface area contributed by atoms with E-state index < -0.39 is 5.91 Å². The summed E-state index contributed by atoms with van der Waals surface area (Å²) in [6.07, 6.45) is 4.25. The highest BCUT2D eigenvalue weighted by molar-refractivity contribution is 5.79. The van der Waals surface area contributed by atoms with E-state index in [1.807, 2.05) is 0 Å². The van der Waals surface area contributed by atoms with Crippen LogP contribution in [0, 0.1) is 0 Å². The molecule has 0 spiro atoms. The van der Waals surface area contributed by atoms with E-state index in [1.54, 1.807) is 37.5 Å². The minimum Gasteiger partial charge on any atom is -0.496 e. The van der Waals surface area contributed by atoms with Gasteiger partial charge in [0.1, 0.15) is 12.0 Å². The Morgan fingerprint density at radius 2 is 2.25 bits per heavy atom. The van der Waals surface area contributed by atoms with Crippen molar-refractivity contribution in [3.05, 3.63) is 35.4 Å². The Hall–Kier alpha value is -2.10. The lowest BCUT2D eigenvalue weighted by molar-refractivity contribution is -0.117. The van der Waals surface area contributed by atoms with Gasteiger partial charge in [-0.25, -0.2) is 0 Å². The van der Waals surface area contributed by atoms with Crippen LogP contribution in [-0.2, 0) is 4.79 Å². The van der Waals surface area contributed by atoms with Gasteiger partial charge in [-0.2, -0.15) is 0 Å². The first kappa shape index (κ1) is 12.0. The Labute approximate surface area is 93.7 Å². The van der Waals surface area contributed by atoms with Crippen LogP contribution in [0.5, 0.6) is 5.75 Å². The number of rotatable bonds is 5. The standard InChI is InChI=1S/C12H13NO3/c1-16-11-6-5-9(8-14)7-10(11)3-2-4-12(13)15/h2-3,5-8H,4H2,1H3,(H2,13,15). The highest BCUT2D eigenvalue weighted by Crippen LogP contribution is 2.20. The van der Waals surface area contributed by atoms with Crippen LogP contribution >= 0.6 is 0 Å². The summed E-state index contributed by atoms with van der Waals surface area (Å²) in [6, 6.07) is 5.05. The van der Waals surface area contributed by atoms with Crippen molar-refractivity contribution >= 4 is 18.3 Å². The summed E-state index contributed by atoms with van der Waals surface area (Å²) < 4.78 is 5.12. The molecule has 0 fully saturated rings. The number of hydrogen-bond donors (Lipinski definition) is 1. The molecule has 0 atom stereocenters. The molecule has 84 valence electrons. The minimum absolute atomic E-state index is 0.161. The number of aldehydes is 1. The monoisotopic (exact) mass is 219 g/mol. The zero-order valence-electron chi connectivity index (χ0n) is 8.97. The summed E-state index contributed by atoms with van der Waals surface area (Å²) in [5.74, 6) is 0.244. The van der Waals surface area contributed by atoms with Crippen LogP contribution in [-0.4, -0.2) is 19.3 Å². The van der Waals surface area contributed by atoms with E-state index >= 15 is 0 Å². The smallest absolute Gasteiger partial charge is 0.221 e. The lowest BCUT2D eigenvalue weighted by Crippen LogP contribution is -2.07. The molecule has 0 unspecified atom stereocenters. The Morgan fingerprint density at radius 1 is 1.50 bits per heavy atom. The summed E-state index contributed by atoms with van der Waals surface area (Å²) in [4.78, 5) is 21.2. The topological polar surface area (TPSA) is 69.4 Å². The number of nitrogens with two attached hydrogens (primary N) is 1. The zero-order valence-corrected chi connectivity index (χ0v) is 8.97. The fourth-order valence-corrected chi connectivity index (χ4v) is 1.26. The van der Waals surface area contributed by atoms with E-state index in [9.17, 15) is 9.59 Å². The molecule has 4 heteroatoms. The lowest BCUT2D eigenvalue weighted by Gasteiger charge is -2.04. The molecule has 1 aromatic rings. The van der Waals surface area contributed by atoms with Crippen LogP contribution in [0.25, 0.3) is 6.08 Å². The molecule has 0 radical (unpaired) electrons. The number of hydrogen-bond acceptors (Lipinski definition) is 3. The van der Waals surface area contributed by atoms with Crippen molar-refractivity contribution < 1.29 is 14.3 Å². The predicted octanol–water partition coefficient (Wildman–Crippen LogP) is 1.40. The average molecular weight is 219 g/mol. The van der Waals surface area contributed by atoms with Gasteiger partial charge in [0.2, 0.25) is 5.91 Å². The number of methoxy groups -OCH3 is 1. The quantitative estimate of drug-likeness (QED) is 0.761. The molecule has 2 N–H and O–H groups in total. The van der Waals surface area contributed by atoms with Crippen LogP contribution < -0.4 is 10.5 Å². The molecule has 0 saturated carbocycles. The third-order valence-electron chi connectivity index (χ3n) is 2.01. The van der Waals surface area contributed by atoms with Crippen molar-refractivity contribution in [1.29, 1.82) is 0 Å². The Bertz CT molecular complexity index is 424. The van der Waals surface area contributed by atoms with Crippen LogP contribution in [0.4, 0.5) is 0 Å². The Morgan fingerprint density at radius 3 is 2.81 bits per heavy atom. The lowest BCUT2D eigenvalue weighted by atomic mass is 10.1. The van der Waals surface area contributed by atoms with E-state index in [-0.39, 0.29) is 6.42 Å². The minimum atomic E-state index is -0.401. The molecule has 0 aliphatic rings. The van der Waals surface area contributed by atoms with Crippen LogP contribution in [0.15, 0.2) is 24.3 Å². The molecule has 1 aromatic carbocycles. The fourth-order valence-electron chi connectivity index (χ4n) is 1.26. The second kappa shape index (κ2) is 5.70. The number of amides is 1. The molecule has 0 saturated heterocycles. The number of primary amides is 1. The van der Waals surface area contributed by atoms with Crippen LogP contribution in [0.2, 0.25) is 0 Å². The maximum Gasteiger partial charge on any atom is 0.221 e. The van der Waals surface area contributed by atoms with Gasteiger partial charge in [-0.3, -0.25) is 9.59 Å². The van der Waals surface area contributed by atoms with Crippen molar-refractivity contribution in [2.45, 2.75) is 6.42 Å². The molecule has 0 heterocycles. The van der Waals surface area contributed by atoms with Crippen LogP contribution in [0.1, 0.15) is 22.3 Å². The van der Waals surface area contributed by atoms with Gasteiger partial charge in [0, 0.05) is 17.5 Å². The molecule has 16 heavy (non-hydrogen) atoms. The van der Waals surface area contributed by atoms with Gasteiger partial charge >= 0.3 is 0 Å². The molecule has 0 aliphatic heterocycles. The third-order valence-corrected chi connectivity index (χ3v) is 2.01. The van der Waals surface area contributed by atoms with Crippen molar-refractivity contribution in [3.8, 4) is 5.75 Å². The van der Waals surface area contributed by atoms with E-state index in [1.165, 1.54) is 0 Å². The molecule has 0 aromatic heterocycles. The molecular formula is C12H13NO3. The van der Waals surface area contributed by atoms with Crippen molar-refractivity contribution in [3.63, 3.8) is 0 Å². The maximum atomic E-state index is 10.6. The summed E-state index contributed by atoms with van der Waals surface area (Å²) >= 11 is 0. The highest BCUT2D eigenvalue weighted by Gasteiger charge is 2.00. The van der Waals surface area contributed by atoms with Gasteiger partial charge in [0.25, 0.3) is 0 Å². The second-order valence-corrected chi connectivity index (χ2v) is 3.19. The summed E-state index contributed by atoms with van der Waals surface area (Å²) in [7, 11) is 1.54. The molecule has 0 aliphatic carbocycles.